The number of β-amino-alcohol motifs (C(OH)–C–C–N with tert-alkyl or cyclic N) is 1. The van der Waals surface area contributed by atoms with Gasteiger partial charge in [0.05, 0.1) is 12.1 Å². The molecule has 2 aromatic heterocycles. The minimum Gasteiger partial charge on any atom is -0.377 e. The Morgan fingerprint density at radius 2 is 2.13 bits per heavy atom. The Morgan fingerprint density at radius 1 is 1.22 bits per heavy atom. The molecule has 3 N–H and O–H groups in total. The fourth-order valence-electron chi connectivity index (χ4n) is 3.03. The number of H-pyrrole nitrogens is 1. The maximum atomic E-state index is 9.92. The number of para-hydroxylation sites is 1. The van der Waals surface area contributed by atoms with E-state index in [1.54, 1.807) is 6.20 Å². The molecule has 118 valence electrons. The lowest BCUT2D eigenvalue weighted by Gasteiger charge is -2.23. The van der Waals surface area contributed by atoms with E-state index in [1.165, 1.54) is 0 Å². The van der Waals surface area contributed by atoms with Crippen molar-refractivity contribution in [3.63, 3.8) is 0 Å². The van der Waals surface area contributed by atoms with Crippen molar-refractivity contribution >= 4 is 16.7 Å². The van der Waals surface area contributed by atoms with Gasteiger partial charge in [0.15, 0.2) is 0 Å². The van der Waals surface area contributed by atoms with Gasteiger partial charge in [0.2, 0.25) is 0 Å². The molecule has 4 rings (SSSR count). The summed E-state index contributed by atoms with van der Waals surface area (Å²) in [5.41, 5.74) is 2.98. The summed E-state index contributed by atoms with van der Waals surface area (Å²) in [4.78, 5) is 6.59. The number of nitrogens with one attached hydrogen (secondary N) is 2. The first kappa shape index (κ1) is 14.2. The summed E-state index contributed by atoms with van der Waals surface area (Å²) >= 11 is 0. The second kappa shape index (κ2) is 5.98. The van der Waals surface area contributed by atoms with Gasteiger partial charge in [-0.2, -0.15) is 5.10 Å². The molecule has 3 heterocycles. The molecule has 1 aliphatic rings. The van der Waals surface area contributed by atoms with Gasteiger partial charge >= 0.3 is 0 Å². The number of rotatable bonds is 2. The molecule has 0 spiro atoms. The molecular weight excluding hydrogens is 290 g/mol. The van der Waals surface area contributed by atoms with Crippen molar-refractivity contribution in [2.24, 2.45) is 0 Å². The van der Waals surface area contributed by atoms with Crippen LogP contribution in [0.1, 0.15) is 6.42 Å². The number of benzene rings is 1. The second-order valence-corrected chi connectivity index (χ2v) is 5.79. The van der Waals surface area contributed by atoms with E-state index in [0.717, 1.165) is 47.5 Å². The molecule has 1 aromatic carbocycles. The lowest BCUT2D eigenvalue weighted by Crippen LogP contribution is -2.37. The maximum absolute atomic E-state index is 9.92. The maximum Gasteiger partial charge on any atom is 0.129 e. The van der Waals surface area contributed by atoms with Gasteiger partial charge in [0, 0.05) is 23.7 Å². The Morgan fingerprint density at radius 3 is 3.09 bits per heavy atom. The number of aliphatic hydroxyl groups is 1. The fraction of sp³-hybridized carbons (Fsp3) is 0.294. The predicted molar refractivity (Wildman–Crippen MR) is 90.2 cm³/mol. The average Bonchev–Trinajstić information content (AvgIpc) is 2.90. The summed E-state index contributed by atoms with van der Waals surface area (Å²) in [6, 6.07) is 12.1. The normalized spacial score (nSPS) is 19.0. The SMILES string of the molecule is OC1CN(c2cc(-c3n[nH]c4ccccc34)ccn2)CCCN1. The molecule has 3 aromatic rings. The van der Waals surface area contributed by atoms with Crippen LogP contribution >= 0.6 is 0 Å². The minimum absolute atomic E-state index is 0.519. The number of pyridine rings is 1. The van der Waals surface area contributed by atoms with Crippen molar-refractivity contribution in [3.8, 4) is 11.3 Å². The van der Waals surface area contributed by atoms with Gasteiger partial charge in [-0.15, -0.1) is 0 Å². The fourth-order valence-corrected chi connectivity index (χ4v) is 3.03. The molecule has 1 aliphatic heterocycles. The first-order chi connectivity index (χ1) is 11.3. The number of aliphatic hydroxyl groups excluding tert-OH is 1. The summed E-state index contributed by atoms with van der Waals surface area (Å²) in [6.07, 6.45) is 2.27. The highest BCUT2D eigenvalue weighted by atomic mass is 16.3. The molecule has 1 unspecified atom stereocenters. The molecule has 0 saturated carbocycles. The van der Waals surface area contributed by atoms with Crippen LogP contribution in [0.4, 0.5) is 5.82 Å². The van der Waals surface area contributed by atoms with Crippen LogP contribution in [0.2, 0.25) is 0 Å². The standard InChI is InChI=1S/C17H19N5O/c23-16-11-22(9-3-7-19-16)15-10-12(6-8-18-15)17-13-4-1-2-5-14(13)20-21-17/h1-2,4-6,8,10,16,19,23H,3,7,9,11H2,(H,20,21). The third kappa shape index (κ3) is 2.78. The van der Waals surface area contributed by atoms with E-state index in [4.69, 9.17) is 0 Å². The van der Waals surface area contributed by atoms with Crippen LogP contribution in [0.5, 0.6) is 0 Å². The number of anilines is 1. The van der Waals surface area contributed by atoms with Gasteiger partial charge < -0.3 is 10.0 Å². The molecule has 0 radical (unpaired) electrons. The molecule has 1 saturated heterocycles. The third-order valence-electron chi connectivity index (χ3n) is 4.19. The van der Waals surface area contributed by atoms with E-state index in [-0.39, 0.29) is 0 Å². The number of hydrogen-bond acceptors (Lipinski definition) is 5. The Balaban J connectivity index is 1.71. The lowest BCUT2D eigenvalue weighted by molar-refractivity contribution is 0.150. The first-order valence-electron chi connectivity index (χ1n) is 7.87. The zero-order valence-electron chi connectivity index (χ0n) is 12.7. The number of hydrogen-bond donors (Lipinski definition) is 3. The van der Waals surface area contributed by atoms with E-state index in [1.807, 2.05) is 30.3 Å². The van der Waals surface area contributed by atoms with E-state index in [9.17, 15) is 5.11 Å². The van der Waals surface area contributed by atoms with Gasteiger partial charge in [-0.3, -0.25) is 10.4 Å². The van der Waals surface area contributed by atoms with Crippen molar-refractivity contribution in [2.75, 3.05) is 24.5 Å². The molecule has 6 heteroatoms. The molecule has 23 heavy (non-hydrogen) atoms. The van der Waals surface area contributed by atoms with Crippen LogP contribution in [0, 0.1) is 0 Å². The summed E-state index contributed by atoms with van der Waals surface area (Å²) in [5.74, 6) is 0.873. The van der Waals surface area contributed by atoms with E-state index in [2.05, 4.69) is 31.5 Å². The van der Waals surface area contributed by atoms with Gasteiger partial charge in [-0.1, -0.05) is 18.2 Å². The van der Waals surface area contributed by atoms with Crippen LogP contribution in [0.3, 0.4) is 0 Å². The second-order valence-electron chi connectivity index (χ2n) is 5.79. The van der Waals surface area contributed by atoms with Crippen molar-refractivity contribution in [1.82, 2.24) is 20.5 Å². The Kier molecular flexibility index (Phi) is 3.69. The van der Waals surface area contributed by atoms with Crippen molar-refractivity contribution in [2.45, 2.75) is 12.6 Å². The molecular formula is C17H19N5O. The Bertz CT molecular complexity index is 815. The predicted octanol–water partition coefficient (Wildman–Crippen LogP) is 1.74. The quantitative estimate of drug-likeness (QED) is 0.672. The number of nitrogens with zero attached hydrogens (tertiary/aromatic N) is 3. The average molecular weight is 309 g/mol. The molecule has 0 bridgehead atoms. The van der Waals surface area contributed by atoms with Crippen LogP contribution in [-0.2, 0) is 0 Å². The largest absolute Gasteiger partial charge is 0.377 e. The first-order valence-corrected chi connectivity index (χ1v) is 7.87. The molecule has 0 aliphatic carbocycles. The Labute approximate surface area is 134 Å². The number of fused-ring (bicyclic) bond motifs is 1. The van der Waals surface area contributed by atoms with Crippen molar-refractivity contribution < 1.29 is 5.11 Å². The minimum atomic E-state index is -0.519. The Hall–Kier alpha value is -2.44. The molecule has 1 atom stereocenters. The summed E-state index contributed by atoms with van der Waals surface area (Å²) < 4.78 is 0. The molecule has 1 fully saturated rings. The lowest BCUT2D eigenvalue weighted by atomic mass is 10.1. The highest BCUT2D eigenvalue weighted by Gasteiger charge is 2.17. The summed E-state index contributed by atoms with van der Waals surface area (Å²) in [6.45, 7) is 2.24. The zero-order valence-corrected chi connectivity index (χ0v) is 12.7. The van der Waals surface area contributed by atoms with E-state index >= 15 is 0 Å². The highest BCUT2D eigenvalue weighted by Crippen LogP contribution is 2.28. The van der Waals surface area contributed by atoms with Crippen molar-refractivity contribution in [3.05, 3.63) is 42.6 Å². The van der Waals surface area contributed by atoms with Crippen molar-refractivity contribution in [1.29, 1.82) is 0 Å². The van der Waals surface area contributed by atoms with Crippen LogP contribution < -0.4 is 10.2 Å². The van der Waals surface area contributed by atoms with Gasteiger partial charge in [0.25, 0.3) is 0 Å². The third-order valence-corrected chi connectivity index (χ3v) is 4.19. The summed E-state index contributed by atoms with van der Waals surface area (Å²) in [7, 11) is 0. The number of aromatic nitrogens is 3. The monoisotopic (exact) mass is 309 g/mol. The van der Waals surface area contributed by atoms with E-state index in [0.29, 0.717) is 6.54 Å². The van der Waals surface area contributed by atoms with Crippen LogP contribution in [0.25, 0.3) is 22.2 Å². The van der Waals surface area contributed by atoms with Crippen LogP contribution in [-0.4, -0.2) is 46.2 Å². The molecule has 6 nitrogen and oxygen atoms in total. The van der Waals surface area contributed by atoms with E-state index < -0.39 is 6.23 Å². The molecule has 0 amide bonds. The van der Waals surface area contributed by atoms with Gasteiger partial charge in [0.1, 0.15) is 17.7 Å². The topological polar surface area (TPSA) is 77.1 Å². The summed E-state index contributed by atoms with van der Waals surface area (Å²) in [5, 5.41) is 21.6. The highest BCUT2D eigenvalue weighted by molar-refractivity contribution is 5.93. The number of aromatic amines is 1. The van der Waals surface area contributed by atoms with Gasteiger partial charge in [-0.05, 0) is 31.2 Å². The smallest absolute Gasteiger partial charge is 0.129 e. The zero-order chi connectivity index (χ0) is 15.6. The van der Waals surface area contributed by atoms with Gasteiger partial charge in [-0.25, -0.2) is 4.98 Å². The van der Waals surface area contributed by atoms with Crippen LogP contribution in [0.15, 0.2) is 42.6 Å².